The lowest BCUT2D eigenvalue weighted by Crippen LogP contribution is -2.35. The van der Waals surface area contributed by atoms with Crippen molar-refractivity contribution in [2.45, 2.75) is 5.54 Å². The molecule has 0 aliphatic heterocycles. The molecule has 0 atom stereocenters. The van der Waals surface area contributed by atoms with Gasteiger partial charge in [0.2, 0.25) is 0 Å². The van der Waals surface area contributed by atoms with Crippen LogP contribution in [0, 0.1) is 0 Å². The van der Waals surface area contributed by atoms with E-state index in [2.05, 4.69) is 204 Å². The van der Waals surface area contributed by atoms with E-state index in [4.69, 9.17) is 0 Å². The van der Waals surface area contributed by atoms with Crippen LogP contribution in [0.2, 0.25) is 0 Å². The average Bonchev–Trinajstić information content (AvgIpc) is 3.85. The van der Waals surface area contributed by atoms with Gasteiger partial charge in [0.1, 0.15) is 5.54 Å². The van der Waals surface area contributed by atoms with Crippen molar-refractivity contribution >= 4 is 70.4 Å². The zero-order chi connectivity index (χ0) is 34.2. The second-order valence-corrected chi connectivity index (χ2v) is 14.7. The smallest absolute Gasteiger partial charge is 0.122 e. The maximum Gasteiger partial charge on any atom is 0.122 e. The molecule has 0 N–H and O–H groups in total. The molecule has 3 heteroatoms. The Bertz CT molecular complexity index is 2930. The zero-order valence-corrected chi connectivity index (χ0v) is 29.1. The number of aromatic nitrogens is 1. The van der Waals surface area contributed by atoms with Gasteiger partial charge in [-0.25, -0.2) is 0 Å². The van der Waals surface area contributed by atoms with Crippen molar-refractivity contribution in [3.63, 3.8) is 0 Å². The zero-order valence-electron chi connectivity index (χ0n) is 28.3. The summed E-state index contributed by atoms with van der Waals surface area (Å²) >= 11 is 1.86. The molecule has 2 heterocycles. The molecule has 2 aromatic heterocycles. The third-order valence-corrected chi connectivity index (χ3v) is 12.1. The predicted octanol–water partition coefficient (Wildman–Crippen LogP) is 13.5. The van der Waals surface area contributed by atoms with Gasteiger partial charge in [0.05, 0.1) is 16.7 Å². The number of hydrogen-bond acceptors (Lipinski definition) is 2. The molecule has 244 valence electrons. The lowest BCUT2D eigenvalue weighted by molar-refractivity contribution is 0.564. The number of para-hydroxylation sites is 2. The molecule has 1 aliphatic rings. The minimum absolute atomic E-state index is 0.602. The third kappa shape index (κ3) is 4.00. The van der Waals surface area contributed by atoms with E-state index in [0.717, 1.165) is 11.4 Å². The minimum Gasteiger partial charge on any atom is -0.322 e. The van der Waals surface area contributed by atoms with Crippen LogP contribution < -0.4 is 4.90 Å². The number of hydrogen-bond donors (Lipinski definition) is 0. The Hall–Kier alpha value is -6.42. The quantitative estimate of drug-likeness (QED) is 0.176. The van der Waals surface area contributed by atoms with E-state index >= 15 is 0 Å². The SMILES string of the molecule is c1ccc(N(c2ccc3c4ccccc4n(C4(c5ccccc5)c5ccccc5-c5ccccc54)c3c2)c2cccc3sc4ccccc4c23)cc1. The van der Waals surface area contributed by atoms with Gasteiger partial charge >= 0.3 is 0 Å². The van der Waals surface area contributed by atoms with Gasteiger partial charge in [-0.05, 0) is 76.3 Å². The van der Waals surface area contributed by atoms with Gasteiger partial charge in [-0.1, -0.05) is 146 Å². The highest BCUT2D eigenvalue weighted by molar-refractivity contribution is 7.26. The first-order valence-electron chi connectivity index (χ1n) is 17.9. The van der Waals surface area contributed by atoms with Crippen molar-refractivity contribution in [2.24, 2.45) is 0 Å². The van der Waals surface area contributed by atoms with Crippen LogP contribution in [0.15, 0.2) is 194 Å². The second-order valence-electron chi connectivity index (χ2n) is 13.6. The molecule has 0 amide bonds. The fourth-order valence-corrected chi connectivity index (χ4v) is 10.1. The molecule has 0 spiro atoms. The number of nitrogens with zero attached hydrogens (tertiary/aromatic N) is 2. The van der Waals surface area contributed by atoms with Crippen molar-refractivity contribution in [1.29, 1.82) is 0 Å². The van der Waals surface area contributed by atoms with Crippen LogP contribution in [-0.4, -0.2) is 4.57 Å². The van der Waals surface area contributed by atoms with Crippen LogP contribution in [0.25, 0.3) is 53.1 Å². The van der Waals surface area contributed by atoms with E-state index in [1.807, 2.05) is 11.3 Å². The molecule has 0 radical (unpaired) electrons. The topological polar surface area (TPSA) is 8.17 Å². The van der Waals surface area contributed by atoms with E-state index in [1.165, 1.54) is 75.5 Å². The summed E-state index contributed by atoms with van der Waals surface area (Å²) in [6.07, 6.45) is 0. The van der Waals surface area contributed by atoms with Crippen LogP contribution in [0.4, 0.5) is 17.1 Å². The molecule has 2 nitrogen and oxygen atoms in total. The lowest BCUT2D eigenvalue weighted by atomic mass is 9.80. The summed E-state index contributed by atoms with van der Waals surface area (Å²) in [5.41, 5.74) is 11.6. The number of fused-ring (bicyclic) bond motifs is 9. The van der Waals surface area contributed by atoms with Crippen LogP contribution in [0.1, 0.15) is 16.7 Å². The Morgan fingerprint density at radius 2 is 1.02 bits per heavy atom. The van der Waals surface area contributed by atoms with Gasteiger partial charge in [0.15, 0.2) is 0 Å². The summed E-state index contributed by atoms with van der Waals surface area (Å²) in [7, 11) is 0. The van der Waals surface area contributed by atoms with Gasteiger partial charge in [0, 0.05) is 42.3 Å². The molecular weight excluding hydrogens is 649 g/mol. The Morgan fingerprint density at radius 3 is 1.79 bits per heavy atom. The Morgan fingerprint density at radius 1 is 0.423 bits per heavy atom. The van der Waals surface area contributed by atoms with Crippen LogP contribution in [0.5, 0.6) is 0 Å². The molecular formula is C49H32N2S. The molecule has 0 fully saturated rings. The summed E-state index contributed by atoms with van der Waals surface area (Å²) in [6, 6.07) is 71.5. The number of anilines is 3. The highest BCUT2D eigenvalue weighted by Crippen LogP contribution is 2.56. The summed E-state index contributed by atoms with van der Waals surface area (Å²) < 4.78 is 5.24. The lowest BCUT2D eigenvalue weighted by Gasteiger charge is -2.36. The highest BCUT2D eigenvalue weighted by Gasteiger charge is 2.47. The first-order chi connectivity index (χ1) is 25.8. The van der Waals surface area contributed by atoms with Gasteiger partial charge in [-0.15, -0.1) is 11.3 Å². The van der Waals surface area contributed by atoms with Gasteiger partial charge < -0.3 is 9.47 Å². The number of benzene rings is 8. The van der Waals surface area contributed by atoms with E-state index in [-0.39, 0.29) is 0 Å². The predicted molar refractivity (Wildman–Crippen MR) is 221 cm³/mol. The molecule has 0 unspecified atom stereocenters. The highest BCUT2D eigenvalue weighted by atomic mass is 32.1. The van der Waals surface area contributed by atoms with Crippen LogP contribution >= 0.6 is 11.3 Å². The largest absolute Gasteiger partial charge is 0.322 e. The fourth-order valence-electron chi connectivity index (χ4n) is 8.98. The Kier molecular flexibility index (Phi) is 6.37. The molecule has 10 aromatic rings. The summed E-state index contributed by atoms with van der Waals surface area (Å²) in [5, 5.41) is 5.06. The summed E-state index contributed by atoms with van der Waals surface area (Å²) in [5.74, 6) is 0. The van der Waals surface area contributed by atoms with Crippen molar-refractivity contribution in [1.82, 2.24) is 4.57 Å². The van der Waals surface area contributed by atoms with E-state index in [1.54, 1.807) is 0 Å². The molecule has 11 rings (SSSR count). The van der Waals surface area contributed by atoms with E-state index in [9.17, 15) is 0 Å². The standard InChI is InChI=1S/C49H32N2S/c1-3-16-33(17-4-1)49(41-24-11-7-20-36(41)37-21-8-12-25-42(37)49)51-43-26-13-9-22-38(43)39-31-30-35(32-45(39)51)50(34-18-5-2-6-19-34)44-27-15-29-47-48(44)40-23-10-14-28-46(40)52-47/h1-32H. The Balaban J connectivity index is 1.28. The van der Waals surface area contributed by atoms with Gasteiger partial charge in [0.25, 0.3) is 0 Å². The molecule has 52 heavy (non-hydrogen) atoms. The number of rotatable bonds is 5. The Labute approximate surface area is 306 Å². The first-order valence-corrected chi connectivity index (χ1v) is 18.7. The minimum atomic E-state index is -0.602. The number of thiophene rings is 1. The second kappa shape index (κ2) is 11.3. The monoisotopic (exact) mass is 680 g/mol. The van der Waals surface area contributed by atoms with Crippen LogP contribution in [-0.2, 0) is 5.54 Å². The maximum absolute atomic E-state index is 2.64. The first kappa shape index (κ1) is 29.3. The molecule has 0 saturated carbocycles. The van der Waals surface area contributed by atoms with Gasteiger partial charge in [-0.2, -0.15) is 0 Å². The van der Waals surface area contributed by atoms with Crippen molar-refractivity contribution in [2.75, 3.05) is 4.90 Å². The normalized spacial score (nSPS) is 13.2. The van der Waals surface area contributed by atoms with E-state index in [0.29, 0.717) is 0 Å². The summed E-state index contributed by atoms with van der Waals surface area (Å²) in [4.78, 5) is 2.45. The maximum atomic E-state index is 2.64. The average molecular weight is 681 g/mol. The van der Waals surface area contributed by atoms with Crippen LogP contribution in [0.3, 0.4) is 0 Å². The van der Waals surface area contributed by atoms with Crippen molar-refractivity contribution in [3.05, 3.63) is 211 Å². The summed E-state index contributed by atoms with van der Waals surface area (Å²) in [6.45, 7) is 0. The molecule has 0 saturated heterocycles. The van der Waals surface area contributed by atoms with Crippen molar-refractivity contribution < 1.29 is 0 Å². The molecule has 0 bridgehead atoms. The molecule has 8 aromatic carbocycles. The fraction of sp³-hybridized carbons (Fsp3) is 0.0204. The molecule has 1 aliphatic carbocycles. The van der Waals surface area contributed by atoms with Gasteiger partial charge in [-0.3, -0.25) is 0 Å². The van der Waals surface area contributed by atoms with Crippen molar-refractivity contribution in [3.8, 4) is 11.1 Å². The third-order valence-electron chi connectivity index (χ3n) is 11.0. The van der Waals surface area contributed by atoms with E-state index < -0.39 is 5.54 Å².